The van der Waals surface area contributed by atoms with Gasteiger partial charge in [0.25, 0.3) is 0 Å². The second-order valence-electron chi connectivity index (χ2n) is 4.34. The highest BCUT2D eigenvalue weighted by Crippen LogP contribution is 2.25. The largest absolute Gasteiger partial charge is 0.368 e. The average molecular weight is 370 g/mol. The summed E-state index contributed by atoms with van der Waals surface area (Å²) in [6.45, 7) is 1.93. The first-order valence-corrected chi connectivity index (χ1v) is 8.39. The number of nitrogens with one attached hydrogen (secondary N) is 1. The third kappa shape index (κ3) is 3.56. The van der Waals surface area contributed by atoms with E-state index in [1.165, 1.54) is 11.8 Å². The number of halogens is 1. The van der Waals surface area contributed by atoms with Crippen LogP contribution in [-0.4, -0.2) is 26.9 Å². The van der Waals surface area contributed by atoms with E-state index in [9.17, 15) is 4.79 Å². The van der Waals surface area contributed by atoms with E-state index in [1.807, 2.05) is 37.4 Å². The highest BCUT2D eigenvalue weighted by atomic mass is 79.9. The van der Waals surface area contributed by atoms with E-state index in [-0.39, 0.29) is 11.9 Å². The summed E-state index contributed by atoms with van der Waals surface area (Å²) in [6.07, 6.45) is 2.47. The summed E-state index contributed by atoms with van der Waals surface area (Å²) in [5.41, 5.74) is 6.57. The van der Waals surface area contributed by atoms with E-state index < -0.39 is 6.04 Å². The third-order valence-electron chi connectivity index (χ3n) is 2.99. The molecule has 6 nitrogen and oxygen atoms in total. The van der Waals surface area contributed by atoms with E-state index in [0.717, 1.165) is 10.2 Å². The first-order valence-electron chi connectivity index (χ1n) is 6.37. The zero-order valence-corrected chi connectivity index (χ0v) is 14.1. The number of rotatable bonds is 5. The van der Waals surface area contributed by atoms with Crippen LogP contribution in [0.3, 0.4) is 0 Å². The molecule has 0 fully saturated rings. The lowest BCUT2D eigenvalue weighted by Gasteiger charge is -2.18. The number of benzene rings is 1. The molecule has 0 aliphatic carbocycles. The van der Waals surface area contributed by atoms with E-state index in [0.29, 0.717) is 11.6 Å². The summed E-state index contributed by atoms with van der Waals surface area (Å²) < 4.78 is 2.62. The van der Waals surface area contributed by atoms with Crippen LogP contribution in [-0.2, 0) is 4.79 Å². The molecule has 0 bridgehead atoms. The van der Waals surface area contributed by atoms with Gasteiger partial charge in [0.05, 0.1) is 0 Å². The molecule has 0 saturated heterocycles. The Labute approximate surface area is 135 Å². The second kappa shape index (κ2) is 6.95. The standard InChI is InChI=1S/C13H16BrN5OS/c1-3-10(19-12(15)17-18-13(19)21-2)11(20)16-9-6-4-8(14)5-7-9/h4-7,10H,3H2,1-2H3,(H2,15,17)(H,16,20). The minimum atomic E-state index is -0.439. The monoisotopic (exact) mass is 369 g/mol. The molecule has 0 saturated carbocycles. The fraction of sp³-hybridized carbons (Fsp3) is 0.308. The van der Waals surface area contributed by atoms with Gasteiger partial charge in [0, 0.05) is 10.2 Å². The Kier molecular flexibility index (Phi) is 5.24. The Morgan fingerprint density at radius 1 is 1.43 bits per heavy atom. The molecule has 112 valence electrons. The molecular formula is C13H16BrN5OS. The first kappa shape index (κ1) is 15.8. The molecule has 0 aliphatic rings. The third-order valence-corrected chi connectivity index (χ3v) is 4.16. The van der Waals surface area contributed by atoms with Crippen molar-refractivity contribution in [2.45, 2.75) is 24.5 Å². The minimum absolute atomic E-state index is 0.137. The van der Waals surface area contributed by atoms with Gasteiger partial charge < -0.3 is 11.1 Å². The fourth-order valence-electron chi connectivity index (χ4n) is 1.96. The van der Waals surface area contributed by atoms with Crippen LogP contribution >= 0.6 is 27.7 Å². The van der Waals surface area contributed by atoms with Crippen molar-refractivity contribution in [1.29, 1.82) is 0 Å². The molecule has 0 spiro atoms. The first-order chi connectivity index (χ1) is 10.1. The number of hydrogen-bond acceptors (Lipinski definition) is 5. The summed E-state index contributed by atoms with van der Waals surface area (Å²) >= 11 is 4.77. The van der Waals surface area contributed by atoms with Crippen molar-refractivity contribution < 1.29 is 4.79 Å². The van der Waals surface area contributed by atoms with E-state index in [4.69, 9.17) is 5.73 Å². The molecule has 21 heavy (non-hydrogen) atoms. The molecule has 0 aliphatic heterocycles. The molecule has 1 aromatic heterocycles. The molecule has 1 atom stereocenters. The van der Waals surface area contributed by atoms with Crippen molar-refractivity contribution in [3.8, 4) is 0 Å². The molecule has 8 heteroatoms. The van der Waals surface area contributed by atoms with Gasteiger partial charge in [-0.2, -0.15) is 0 Å². The van der Waals surface area contributed by atoms with Crippen molar-refractivity contribution in [3.05, 3.63) is 28.7 Å². The van der Waals surface area contributed by atoms with Gasteiger partial charge in [0.2, 0.25) is 11.9 Å². The molecule has 1 heterocycles. The maximum Gasteiger partial charge on any atom is 0.247 e. The molecule has 2 aromatic rings. The zero-order valence-electron chi connectivity index (χ0n) is 11.7. The Balaban J connectivity index is 2.22. The van der Waals surface area contributed by atoms with Crippen molar-refractivity contribution >= 4 is 45.2 Å². The van der Waals surface area contributed by atoms with Crippen LogP contribution in [0.15, 0.2) is 33.9 Å². The molecule has 1 unspecified atom stereocenters. The number of hydrogen-bond donors (Lipinski definition) is 2. The fourth-order valence-corrected chi connectivity index (χ4v) is 2.77. The van der Waals surface area contributed by atoms with Crippen molar-refractivity contribution in [1.82, 2.24) is 14.8 Å². The smallest absolute Gasteiger partial charge is 0.247 e. The lowest BCUT2D eigenvalue weighted by Crippen LogP contribution is -2.27. The van der Waals surface area contributed by atoms with Crippen molar-refractivity contribution in [2.75, 3.05) is 17.3 Å². The molecule has 1 aromatic carbocycles. The van der Waals surface area contributed by atoms with E-state index in [1.54, 1.807) is 4.57 Å². The van der Waals surface area contributed by atoms with Crippen molar-refractivity contribution in [2.24, 2.45) is 0 Å². The number of aromatic nitrogens is 3. The molecule has 0 radical (unpaired) electrons. The number of amides is 1. The maximum atomic E-state index is 12.5. The Hall–Kier alpha value is -1.54. The quantitative estimate of drug-likeness (QED) is 0.791. The van der Waals surface area contributed by atoms with Crippen LogP contribution in [0.1, 0.15) is 19.4 Å². The van der Waals surface area contributed by atoms with Gasteiger partial charge in [0.15, 0.2) is 5.16 Å². The number of nitrogens with zero attached hydrogens (tertiary/aromatic N) is 3. The van der Waals surface area contributed by atoms with Gasteiger partial charge in [-0.1, -0.05) is 34.6 Å². The summed E-state index contributed by atoms with van der Waals surface area (Å²) in [5.74, 6) is 0.110. The predicted octanol–water partition coefficient (Wildman–Crippen LogP) is 2.93. The van der Waals surface area contributed by atoms with E-state index >= 15 is 0 Å². The zero-order chi connectivity index (χ0) is 15.4. The number of nitrogens with two attached hydrogens (primary N) is 1. The van der Waals surface area contributed by atoms with Crippen LogP contribution < -0.4 is 11.1 Å². The highest BCUT2D eigenvalue weighted by molar-refractivity contribution is 9.10. The molecule has 2 rings (SSSR count). The Morgan fingerprint density at radius 3 is 2.67 bits per heavy atom. The Morgan fingerprint density at radius 2 is 2.10 bits per heavy atom. The molecule has 1 amide bonds. The van der Waals surface area contributed by atoms with Crippen LogP contribution in [0, 0.1) is 0 Å². The number of nitrogen functional groups attached to an aromatic ring is 1. The van der Waals surface area contributed by atoms with Gasteiger partial charge in [-0.3, -0.25) is 9.36 Å². The maximum absolute atomic E-state index is 12.5. The van der Waals surface area contributed by atoms with Gasteiger partial charge in [-0.05, 0) is 36.9 Å². The molecular weight excluding hydrogens is 354 g/mol. The summed E-state index contributed by atoms with van der Waals surface area (Å²) in [5, 5.41) is 11.3. The van der Waals surface area contributed by atoms with E-state index in [2.05, 4.69) is 31.4 Å². The normalized spacial score (nSPS) is 12.1. The highest BCUT2D eigenvalue weighted by Gasteiger charge is 2.24. The van der Waals surface area contributed by atoms with Crippen LogP contribution in [0.2, 0.25) is 0 Å². The number of carbonyl (C=O) groups is 1. The molecule has 3 N–H and O–H groups in total. The van der Waals surface area contributed by atoms with Gasteiger partial charge in [-0.25, -0.2) is 0 Å². The average Bonchev–Trinajstić information content (AvgIpc) is 2.84. The van der Waals surface area contributed by atoms with Gasteiger partial charge in [-0.15, -0.1) is 10.2 Å². The summed E-state index contributed by atoms with van der Waals surface area (Å²) in [4.78, 5) is 12.5. The second-order valence-corrected chi connectivity index (χ2v) is 6.02. The van der Waals surface area contributed by atoms with Crippen LogP contribution in [0.25, 0.3) is 0 Å². The number of carbonyl (C=O) groups excluding carboxylic acids is 1. The van der Waals surface area contributed by atoms with Gasteiger partial charge >= 0.3 is 0 Å². The lowest BCUT2D eigenvalue weighted by atomic mass is 10.2. The Bertz CT molecular complexity index is 628. The SMILES string of the molecule is CCC(C(=O)Nc1ccc(Br)cc1)n1c(N)nnc1SC. The number of thioether (sulfide) groups is 1. The van der Waals surface area contributed by atoms with Gasteiger partial charge in [0.1, 0.15) is 6.04 Å². The van der Waals surface area contributed by atoms with Crippen LogP contribution in [0.5, 0.6) is 0 Å². The van der Waals surface area contributed by atoms with Crippen molar-refractivity contribution in [3.63, 3.8) is 0 Å². The number of anilines is 2. The van der Waals surface area contributed by atoms with Crippen LogP contribution in [0.4, 0.5) is 11.6 Å². The topological polar surface area (TPSA) is 85.8 Å². The minimum Gasteiger partial charge on any atom is -0.368 e. The summed E-state index contributed by atoms with van der Waals surface area (Å²) in [7, 11) is 0. The summed E-state index contributed by atoms with van der Waals surface area (Å²) in [6, 6.07) is 6.97. The predicted molar refractivity (Wildman–Crippen MR) is 88.3 cm³/mol. The lowest BCUT2D eigenvalue weighted by molar-refractivity contribution is -0.119.